The number of benzene rings is 1. The molecule has 2 amide bonds. The van der Waals surface area contributed by atoms with E-state index in [1.807, 2.05) is 54.0 Å². The molecule has 24 heavy (non-hydrogen) atoms. The Balaban J connectivity index is 1.69. The van der Waals surface area contributed by atoms with Crippen molar-refractivity contribution in [2.24, 2.45) is 5.92 Å². The summed E-state index contributed by atoms with van der Waals surface area (Å²) in [5.41, 5.74) is 0.693. The summed E-state index contributed by atoms with van der Waals surface area (Å²) in [6, 6.07) is 9.51. The van der Waals surface area contributed by atoms with Crippen molar-refractivity contribution < 1.29 is 14.3 Å². The summed E-state index contributed by atoms with van der Waals surface area (Å²) in [4.78, 5) is 29.5. The van der Waals surface area contributed by atoms with Crippen molar-refractivity contribution in [3.8, 4) is 0 Å². The minimum absolute atomic E-state index is 0.0242. The van der Waals surface area contributed by atoms with E-state index in [-0.39, 0.29) is 29.8 Å². The van der Waals surface area contributed by atoms with Gasteiger partial charge in [0.15, 0.2) is 0 Å². The fraction of sp³-hybridized carbons (Fsp3) is 0.579. The van der Waals surface area contributed by atoms with Gasteiger partial charge in [0.25, 0.3) is 5.91 Å². The van der Waals surface area contributed by atoms with Gasteiger partial charge in [0.05, 0.1) is 31.2 Å². The van der Waals surface area contributed by atoms with Crippen LogP contribution in [0.25, 0.3) is 0 Å². The Bertz CT molecular complexity index is 580. The molecule has 0 radical (unpaired) electrons. The van der Waals surface area contributed by atoms with Gasteiger partial charge in [-0.1, -0.05) is 18.2 Å². The van der Waals surface area contributed by atoms with Crippen LogP contribution in [0.15, 0.2) is 30.3 Å². The van der Waals surface area contributed by atoms with Crippen LogP contribution in [0.2, 0.25) is 0 Å². The maximum atomic E-state index is 13.0. The number of rotatable bonds is 2. The topological polar surface area (TPSA) is 49.9 Å². The van der Waals surface area contributed by atoms with Crippen molar-refractivity contribution in [2.45, 2.75) is 38.8 Å². The van der Waals surface area contributed by atoms with Crippen LogP contribution in [0, 0.1) is 5.92 Å². The molecule has 0 saturated carbocycles. The Morgan fingerprint density at radius 2 is 1.75 bits per heavy atom. The van der Waals surface area contributed by atoms with Crippen LogP contribution in [-0.4, -0.2) is 60.0 Å². The molecule has 0 N–H and O–H groups in total. The van der Waals surface area contributed by atoms with Gasteiger partial charge < -0.3 is 14.5 Å². The molecule has 2 aliphatic rings. The number of carbonyl (C=O) groups is 2. The normalized spacial score (nSPS) is 27.8. The van der Waals surface area contributed by atoms with Crippen molar-refractivity contribution >= 4 is 11.8 Å². The second-order valence-electron chi connectivity index (χ2n) is 6.94. The third kappa shape index (κ3) is 3.46. The number of morpholine rings is 1. The van der Waals surface area contributed by atoms with E-state index in [0.29, 0.717) is 25.3 Å². The van der Waals surface area contributed by atoms with Crippen molar-refractivity contribution in [1.82, 2.24) is 9.80 Å². The standard InChI is InChI=1S/C19H26N2O3/c1-14-12-24-13-15(2)21(14)19(23)17-9-6-10-20(11-17)18(22)16-7-4-3-5-8-16/h3-5,7-8,14-15,17H,6,9-13H2,1-2H3. The number of hydrogen-bond donors (Lipinski definition) is 0. The lowest BCUT2D eigenvalue weighted by Crippen LogP contribution is -2.56. The van der Waals surface area contributed by atoms with Crippen molar-refractivity contribution in [2.75, 3.05) is 26.3 Å². The fourth-order valence-electron chi connectivity index (χ4n) is 3.78. The highest BCUT2D eigenvalue weighted by Crippen LogP contribution is 2.24. The summed E-state index contributed by atoms with van der Waals surface area (Å²) in [6.45, 7) is 6.49. The van der Waals surface area contributed by atoms with E-state index in [2.05, 4.69) is 0 Å². The molecule has 2 aliphatic heterocycles. The summed E-state index contributed by atoms with van der Waals surface area (Å²) in [5.74, 6) is 0.0921. The van der Waals surface area contributed by atoms with Gasteiger partial charge in [-0.25, -0.2) is 0 Å². The van der Waals surface area contributed by atoms with Gasteiger partial charge in [-0.2, -0.15) is 0 Å². The number of hydrogen-bond acceptors (Lipinski definition) is 3. The summed E-state index contributed by atoms with van der Waals surface area (Å²) < 4.78 is 5.52. The SMILES string of the molecule is CC1COCC(C)N1C(=O)C1CCCN(C(=O)c2ccccc2)C1. The third-order valence-electron chi connectivity index (χ3n) is 5.00. The number of carbonyl (C=O) groups excluding carboxylic acids is 2. The second-order valence-corrected chi connectivity index (χ2v) is 6.94. The Labute approximate surface area is 143 Å². The molecule has 0 spiro atoms. The first-order valence-corrected chi connectivity index (χ1v) is 8.82. The van der Waals surface area contributed by atoms with Gasteiger partial charge in [-0.15, -0.1) is 0 Å². The van der Waals surface area contributed by atoms with Crippen molar-refractivity contribution in [1.29, 1.82) is 0 Å². The molecule has 3 unspecified atom stereocenters. The highest BCUT2D eigenvalue weighted by atomic mass is 16.5. The zero-order valence-electron chi connectivity index (χ0n) is 14.5. The average molecular weight is 330 g/mol. The van der Waals surface area contributed by atoms with E-state index in [1.165, 1.54) is 0 Å². The predicted molar refractivity (Wildman–Crippen MR) is 91.7 cm³/mol. The highest BCUT2D eigenvalue weighted by Gasteiger charge is 2.36. The molecule has 3 rings (SSSR count). The van der Waals surface area contributed by atoms with Crippen LogP contribution in [0.4, 0.5) is 0 Å². The van der Waals surface area contributed by atoms with E-state index in [4.69, 9.17) is 4.74 Å². The molecule has 0 bridgehead atoms. The zero-order valence-corrected chi connectivity index (χ0v) is 14.5. The fourth-order valence-corrected chi connectivity index (χ4v) is 3.78. The third-order valence-corrected chi connectivity index (χ3v) is 5.00. The summed E-state index contributed by atoms with van der Waals surface area (Å²) >= 11 is 0. The molecule has 130 valence electrons. The summed E-state index contributed by atoms with van der Waals surface area (Å²) in [7, 11) is 0. The quantitative estimate of drug-likeness (QED) is 0.835. The number of nitrogens with zero attached hydrogens (tertiary/aromatic N) is 2. The molecule has 0 aliphatic carbocycles. The van der Waals surface area contributed by atoms with Crippen molar-refractivity contribution in [3.05, 3.63) is 35.9 Å². The molecular weight excluding hydrogens is 304 g/mol. The lowest BCUT2D eigenvalue weighted by molar-refractivity contribution is -0.150. The van der Waals surface area contributed by atoms with Gasteiger partial charge in [-0.3, -0.25) is 9.59 Å². The smallest absolute Gasteiger partial charge is 0.253 e. The molecule has 5 heteroatoms. The van der Waals surface area contributed by atoms with Crippen molar-refractivity contribution in [3.63, 3.8) is 0 Å². The first-order valence-electron chi connectivity index (χ1n) is 8.82. The first kappa shape index (κ1) is 17.0. The zero-order chi connectivity index (χ0) is 17.1. The molecule has 0 aromatic heterocycles. The summed E-state index contributed by atoms with van der Waals surface area (Å²) in [5, 5.41) is 0. The molecule has 1 aromatic rings. The van der Waals surface area contributed by atoms with Gasteiger partial charge in [-0.05, 0) is 38.8 Å². The first-order chi connectivity index (χ1) is 11.6. The Morgan fingerprint density at radius 3 is 2.42 bits per heavy atom. The highest BCUT2D eigenvalue weighted by molar-refractivity contribution is 5.94. The molecule has 2 fully saturated rings. The van der Waals surface area contributed by atoms with E-state index < -0.39 is 0 Å². The van der Waals surface area contributed by atoms with E-state index >= 15 is 0 Å². The monoisotopic (exact) mass is 330 g/mol. The second kappa shape index (κ2) is 7.34. The Hall–Kier alpha value is -1.88. The Morgan fingerprint density at radius 1 is 1.08 bits per heavy atom. The van der Waals surface area contributed by atoms with E-state index in [1.54, 1.807) is 0 Å². The van der Waals surface area contributed by atoms with Crippen LogP contribution in [0.5, 0.6) is 0 Å². The molecule has 5 nitrogen and oxygen atoms in total. The van der Waals surface area contributed by atoms with Gasteiger partial charge >= 0.3 is 0 Å². The van der Waals surface area contributed by atoms with Crippen LogP contribution in [-0.2, 0) is 9.53 Å². The minimum atomic E-state index is -0.102. The van der Waals surface area contributed by atoms with Gasteiger partial charge in [0.1, 0.15) is 0 Å². The maximum Gasteiger partial charge on any atom is 0.253 e. The molecular formula is C19H26N2O3. The number of likely N-dealkylation sites (tertiary alicyclic amines) is 1. The number of ether oxygens (including phenoxy) is 1. The molecule has 3 atom stereocenters. The van der Waals surface area contributed by atoms with Gasteiger partial charge in [0.2, 0.25) is 5.91 Å². The van der Waals surface area contributed by atoms with E-state index in [9.17, 15) is 9.59 Å². The predicted octanol–water partition coefficient (Wildman–Crippen LogP) is 2.17. The Kier molecular flexibility index (Phi) is 5.19. The number of amides is 2. The van der Waals surface area contributed by atoms with E-state index in [0.717, 1.165) is 19.4 Å². The van der Waals surface area contributed by atoms with Gasteiger partial charge in [0, 0.05) is 18.7 Å². The molecule has 2 heterocycles. The van der Waals surface area contributed by atoms with Crippen LogP contribution >= 0.6 is 0 Å². The summed E-state index contributed by atoms with van der Waals surface area (Å²) in [6.07, 6.45) is 1.73. The van der Waals surface area contributed by atoms with Crippen LogP contribution in [0.1, 0.15) is 37.0 Å². The lowest BCUT2D eigenvalue weighted by atomic mass is 9.94. The minimum Gasteiger partial charge on any atom is -0.377 e. The largest absolute Gasteiger partial charge is 0.377 e. The number of piperidine rings is 1. The van der Waals surface area contributed by atoms with Crippen LogP contribution in [0.3, 0.4) is 0 Å². The lowest BCUT2D eigenvalue weighted by Gasteiger charge is -2.42. The molecule has 1 aromatic carbocycles. The molecule has 2 saturated heterocycles. The average Bonchev–Trinajstić information content (AvgIpc) is 2.61. The maximum absolute atomic E-state index is 13.0. The van der Waals surface area contributed by atoms with Crippen LogP contribution < -0.4 is 0 Å².